The van der Waals surface area contributed by atoms with Gasteiger partial charge in [-0.2, -0.15) is 18.3 Å². The van der Waals surface area contributed by atoms with Crippen molar-refractivity contribution in [2.45, 2.75) is 12.7 Å². The minimum Gasteiger partial charge on any atom is -0.384 e. The van der Waals surface area contributed by atoms with E-state index in [-0.39, 0.29) is 12.2 Å². The van der Waals surface area contributed by atoms with E-state index in [0.717, 1.165) is 12.1 Å². The SMILES string of the molecule is Nc1[nH]ncc1CNC(=O)Nc1ccc(C(F)(F)F)cc1. The molecule has 0 aliphatic rings. The second-order valence-corrected chi connectivity index (χ2v) is 4.19. The van der Waals surface area contributed by atoms with Crippen LogP contribution in [0.3, 0.4) is 0 Å². The van der Waals surface area contributed by atoms with Crippen LogP contribution in [0.4, 0.5) is 29.5 Å². The molecule has 0 radical (unpaired) electrons. The number of hydrogen-bond acceptors (Lipinski definition) is 3. The Balaban J connectivity index is 1.89. The summed E-state index contributed by atoms with van der Waals surface area (Å²) in [6, 6.07) is 3.58. The lowest BCUT2D eigenvalue weighted by molar-refractivity contribution is -0.137. The predicted molar refractivity (Wildman–Crippen MR) is 70.3 cm³/mol. The van der Waals surface area contributed by atoms with Gasteiger partial charge in [0.1, 0.15) is 5.82 Å². The highest BCUT2D eigenvalue weighted by atomic mass is 19.4. The Labute approximate surface area is 117 Å². The summed E-state index contributed by atoms with van der Waals surface area (Å²) in [5, 5.41) is 11.1. The molecule has 21 heavy (non-hydrogen) atoms. The molecule has 0 saturated heterocycles. The van der Waals surface area contributed by atoms with Gasteiger partial charge in [0.25, 0.3) is 0 Å². The molecule has 0 unspecified atom stereocenters. The van der Waals surface area contributed by atoms with Crippen molar-refractivity contribution in [2.24, 2.45) is 0 Å². The Kier molecular flexibility index (Phi) is 4.01. The van der Waals surface area contributed by atoms with E-state index in [1.54, 1.807) is 0 Å². The van der Waals surface area contributed by atoms with Gasteiger partial charge in [-0.05, 0) is 24.3 Å². The highest BCUT2D eigenvalue weighted by molar-refractivity contribution is 5.89. The van der Waals surface area contributed by atoms with E-state index < -0.39 is 17.8 Å². The van der Waals surface area contributed by atoms with Crippen LogP contribution in [0.1, 0.15) is 11.1 Å². The molecule has 6 nitrogen and oxygen atoms in total. The number of benzene rings is 1. The smallest absolute Gasteiger partial charge is 0.384 e. The Hall–Kier alpha value is -2.71. The van der Waals surface area contributed by atoms with Gasteiger partial charge in [0.2, 0.25) is 0 Å². The summed E-state index contributed by atoms with van der Waals surface area (Å²) in [5.41, 5.74) is 5.62. The zero-order chi connectivity index (χ0) is 15.5. The van der Waals surface area contributed by atoms with Crippen molar-refractivity contribution in [1.29, 1.82) is 0 Å². The molecule has 112 valence electrons. The number of rotatable bonds is 3. The Bertz CT molecular complexity index is 621. The molecule has 0 aliphatic carbocycles. The van der Waals surface area contributed by atoms with Gasteiger partial charge in [-0.15, -0.1) is 0 Å². The fourth-order valence-electron chi connectivity index (χ4n) is 1.56. The molecule has 1 aromatic carbocycles. The topological polar surface area (TPSA) is 95.8 Å². The maximum absolute atomic E-state index is 12.4. The van der Waals surface area contributed by atoms with Crippen molar-refractivity contribution in [3.05, 3.63) is 41.6 Å². The Morgan fingerprint density at radius 2 is 1.95 bits per heavy atom. The number of carbonyl (C=O) groups excluding carboxylic acids is 1. The van der Waals surface area contributed by atoms with E-state index in [9.17, 15) is 18.0 Å². The third kappa shape index (κ3) is 3.88. The molecule has 0 fully saturated rings. The van der Waals surface area contributed by atoms with Gasteiger partial charge in [0, 0.05) is 17.8 Å². The first-order valence-electron chi connectivity index (χ1n) is 5.86. The van der Waals surface area contributed by atoms with Crippen LogP contribution >= 0.6 is 0 Å². The molecule has 0 atom stereocenters. The Morgan fingerprint density at radius 3 is 2.48 bits per heavy atom. The fourth-order valence-corrected chi connectivity index (χ4v) is 1.56. The average Bonchev–Trinajstić information content (AvgIpc) is 2.81. The molecule has 2 aromatic rings. The highest BCUT2D eigenvalue weighted by Gasteiger charge is 2.29. The van der Waals surface area contributed by atoms with Gasteiger partial charge in [-0.1, -0.05) is 0 Å². The van der Waals surface area contributed by atoms with Crippen LogP contribution in [0.15, 0.2) is 30.5 Å². The van der Waals surface area contributed by atoms with Gasteiger partial charge in [0.15, 0.2) is 0 Å². The number of nitrogens with one attached hydrogen (secondary N) is 3. The molecule has 1 heterocycles. The molecule has 5 N–H and O–H groups in total. The summed E-state index contributed by atoms with van der Waals surface area (Å²) < 4.78 is 37.1. The number of carbonyl (C=O) groups is 1. The van der Waals surface area contributed by atoms with E-state index >= 15 is 0 Å². The first-order valence-corrected chi connectivity index (χ1v) is 5.86. The summed E-state index contributed by atoms with van der Waals surface area (Å²) in [6.07, 6.45) is -2.94. The number of H-pyrrole nitrogens is 1. The molecule has 2 amide bonds. The van der Waals surface area contributed by atoms with Crippen LogP contribution in [-0.4, -0.2) is 16.2 Å². The molecule has 9 heteroatoms. The number of nitrogens with zero attached hydrogens (tertiary/aromatic N) is 1. The number of urea groups is 1. The van der Waals surface area contributed by atoms with Gasteiger partial charge >= 0.3 is 12.2 Å². The molecular formula is C12H12F3N5O. The summed E-state index contributed by atoms with van der Waals surface area (Å²) in [7, 11) is 0. The van der Waals surface area contributed by atoms with Crippen LogP contribution in [0.5, 0.6) is 0 Å². The molecular weight excluding hydrogens is 287 g/mol. The predicted octanol–water partition coefficient (Wildman–Crippen LogP) is 2.33. The molecule has 0 spiro atoms. The number of alkyl halides is 3. The third-order valence-electron chi connectivity index (χ3n) is 2.66. The number of aromatic amines is 1. The second kappa shape index (κ2) is 5.73. The third-order valence-corrected chi connectivity index (χ3v) is 2.66. The molecule has 0 bridgehead atoms. The molecule has 2 rings (SSSR count). The van der Waals surface area contributed by atoms with Crippen LogP contribution in [-0.2, 0) is 12.7 Å². The van der Waals surface area contributed by atoms with E-state index in [1.165, 1.54) is 18.3 Å². The van der Waals surface area contributed by atoms with Crippen LogP contribution in [0, 0.1) is 0 Å². The standard InChI is InChI=1S/C12H12F3N5O/c13-12(14,15)8-1-3-9(4-2-8)19-11(21)17-5-7-6-18-20-10(7)16/h1-4,6H,5H2,(H3,16,18,20)(H2,17,19,21). The maximum Gasteiger partial charge on any atom is 0.416 e. The monoisotopic (exact) mass is 299 g/mol. The van der Waals surface area contributed by atoms with E-state index in [2.05, 4.69) is 20.8 Å². The zero-order valence-electron chi connectivity index (χ0n) is 10.7. The van der Waals surface area contributed by atoms with E-state index in [1.807, 2.05) is 0 Å². The molecule has 0 saturated carbocycles. The number of nitrogens with two attached hydrogens (primary N) is 1. The van der Waals surface area contributed by atoms with Crippen molar-refractivity contribution in [3.8, 4) is 0 Å². The van der Waals surface area contributed by atoms with E-state index in [0.29, 0.717) is 11.4 Å². The number of amides is 2. The number of halogens is 3. The molecule has 0 aliphatic heterocycles. The quantitative estimate of drug-likeness (QED) is 0.700. The number of anilines is 2. The van der Waals surface area contributed by atoms with Gasteiger partial charge < -0.3 is 16.4 Å². The van der Waals surface area contributed by atoms with Gasteiger partial charge in [-0.25, -0.2) is 4.79 Å². The normalized spacial score (nSPS) is 11.2. The number of aromatic nitrogens is 2. The van der Waals surface area contributed by atoms with Crippen LogP contribution < -0.4 is 16.4 Å². The van der Waals surface area contributed by atoms with Crippen molar-refractivity contribution in [3.63, 3.8) is 0 Å². The van der Waals surface area contributed by atoms with Gasteiger partial charge in [0.05, 0.1) is 11.8 Å². The number of nitrogen functional groups attached to an aromatic ring is 1. The van der Waals surface area contributed by atoms with Crippen molar-refractivity contribution in [1.82, 2.24) is 15.5 Å². The van der Waals surface area contributed by atoms with E-state index in [4.69, 9.17) is 5.73 Å². The lowest BCUT2D eigenvalue weighted by atomic mass is 10.2. The van der Waals surface area contributed by atoms with Crippen LogP contribution in [0.25, 0.3) is 0 Å². The van der Waals surface area contributed by atoms with Crippen molar-refractivity contribution >= 4 is 17.5 Å². The minimum absolute atomic E-state index is 0.148. The highest BCUT2D eigenvalue weighted by Crippen LogP contribution is 2.29. The molecule has 1 aromatic heterocycles. The first kappa shape index (κ1) is 14.7. The summed E-state index contributed by atoms with van der Waals surface area (Å²) >= 11 is 0. The van der Waals surface area contributed by atoms with Crippen molar-refractivity contribution < 1.29 is 18.0 Å². The second-order valence-electron chi connectivity index (χ2n) is 4.19. The Morgan fingerprint density at radius 1 is 1.29 bits per heavy atom. The maximum atomic E-state index is 12.4. The summed E-state index contributed by atoms with van der Waals surface area (Å²) in [4.78, 5) is 11.6. The lowest BCUT2D eigenvalue weighted by Crippen LogP contribution is -2.28. The van der Waals surface area contributed by atoms with Crippen LogP contribution in [0.2, 0.25) is 0 Å². The average molecular weight is 299 g/mol. The largest absolute Gasteiger partial charge is 0.416 e. The zero-order valence-corrected chi connectivity index (χ0v) is 10.7. The fraction of sp³-hybridized carbons (Fsp3) is 0.167. The van der Waals surface area contributed by atoms with Gasteiger partial charge in [-0.3, -0.25) is 5.10 Å². The number of hydrogen-bond donors (Lipinski definition) is 4. The first-order chi connectivity index (χ1) is 9.86. The minimum atomic E-state index is -4.40. The summed E-state index contributed by atoms with van der Waals surface area (Å²) in [5.74, 6) is 0.338. The lowest BCUT2D eigenvalue weighted by Gasteiger charge is -2.09. The van der Waals surface area contributed by atoms with Crippen molar-refractivity contribution in [2.75, 3.05) is 11.1 Å². The summed E-state index contributed by atoms with van der Waals surface area (Å²) in [6.45, 7) is 0.148.